The van der Waals surface area contributed by atoms with Crippen LogP contribution >= 0.6 is 0 Å². The second-order valence-corrected chi connectivity index (χ2v) is 3.31. The number of carbonyl (C=O) groups excluding carboxylic acids is 1. The number of likely N-dealkylation sites (tertiary alicyclic amines) is 1. The largest absolute Gasteiger partial charge is 0.343 e. The molecule has 0 aromatic heterocycles. The molecule has 3 nitrogen and oxygen atoms in total. The Bertz CT molecular complexity index is 154. The summed E-state index contributed by atoms with van der Waals surface area (Å²) < 4.78 is 0. The molecule has 64 valence electrons. The lowest BCUT2D eigenvalue weighted by molar-refractivity contribution is -0.139. The quantitative estimate of drug-likeness (QED) is 0.589. The van der Waals surface area contributed by atoms with Gasteiger partial charge in [0.25, 0.3) is 0 Å². The van der Waals surface area contributed by atoms with Gasteiger partial charge in [0.1, 0.15) is 0 Å². The van der Waals surface area contributed by atoms with Crippen molar-refractivity contribution in [1.29, 1.82) is 0 Å². The molecule has 1 fully saturated rings. The molecule has 1 saturated heterocycles. The van der Waals surface area contributed by atoms with Gasteiger partial charge in [-0.05, 0) is 19.8 Å². The summed E-state index contributed by atoms with van der Waals surface area (Å²) in [6.07, 6.45) is 2.05. The van der Waals surface area contributed by atoms with Crippen LogP contribution in [0.15, 0.2) is 0 Å². The molecule has 0 bridgehead atoms. The van der Waals surface area contributed by atoms with Crippen molar-refractivity contribution in [3.05, 3.63) is 0 Å². The highest BCUT2D eigenvalue weighted by Gasteiger charge is 2.29. The molecule has 0 aromatic carbocycles. The Labute approximate surface area is 67.5 Å². The highest BCUT2D eigenvalue weighted by atomic mass is 16.2. The van der Waals surface area contributed by atoms with Crippen molar-refractivity contribution in [3.8, 4) is 0 Å². The maximum atomic E-state index is 11.4. The fourth-order valence-electron chi connectivity index (χ4n) is 1.48. The summed E-state index contributed by atoms with van der Waals surface area (Å²) in [5.74, 6) is 0.294. The summed E-state index contributed by atoms with van der Waals surface area (Å²) in [6.45, 7) is 2.57. The molecule has 1 aliphatic rings. The van der Waals surface area contributed by atoms with Gasteiger partial charge in [0.05, 0.1) is 5.92 Å². The van der Waals surface area contributed by atoms with E-state index in [1.165, 1.54) is 0 Å². The molecule has 2 atom stereocenters. The van der Waals surface area contributed by atoms with Gasteiger partial charge < -0.3 is 10.6 Å². The van der Waals surface area contributed by atoms with E-state index in [9.17, 15) is 4.79 Å². The predicted octanol–water partition coefficient (Wildman–Crippen LogP) is 0.202. The third-order valence-electron chi connectivity index (χ3n) is 2.58. The number of nitrogens with zero attached hydrogens (tertiary/aromatic N) is 1. The van der Waals surface area contributed by atoms with Crippen LogP contribution in [0.5, 0.6) is 0 Å². The summed E-state index contributed by atoms with van der Waals surface area (Å²) >= 11 is 0. The predicted molar refractivity (Wildman–Crippen MR) is 44.0 cm³/mol. The molecule has 2 N–H and O–H groups in total. The molecular weight excluding hydrogens is 140 g/mol. The van der Waals surface area contributed by atoms with Crippen molar-refractivity contribution in [2.75, 3.05) is 13.6 Å². The highest BCUT2D eigenvalue weighted by Crippen LogP contribution is 2.20. The Hall–Kier alpha value is -0.570. The second-order valence-electron chi connectivity index (χ2n) is 3.31. The van der Waals surface area contributed by atoms with Crippen LogP contribution in [-0.4, -0.2) is 30.4 Å². The number of rotatable bonds is 1. The summed E-state index contributed by atoms with van der Waals surface area (Å²) in [7, 11) is 1.86. The van der Waals surface area contributed by atoms with Gasteiger partial charge >= 0.3 is 0 Å². The lowest BCUT2D eigenvalue weighted by Crippen LogP contribution is -2.46. The molecule has 0 spiro atoms. The average molecular weight is 156 g/mol. The third-order valence-corrected chi connectivity index (χ3v) is 2.58. The molecule has 0 unspecified atom stereocenters. The van der Waals surface area contributed by atoms with E-state index >= 15 is 0 Å². The van der Waals surface area contributed by atoms with E-state index in [-0.39, 0.29) is 11.8 Å². The molecule has 11 heavy (non-hydrogen) atoms. The van der Waals surface area contributed by atoms with Gasteiger partial charge in [-0.25, -0.2) is 0 Å². The molecule has 1 rings (SSSR count). The van der Waals surface area contributed by atoms with Crippen LogP contribution in [0.3, 0.4) is 0 Å². The van der Waals surface area contributed by atoms with Crippen LogP contribution in [0.4, 0.5) is 0 Å². The van der Waals surface area contributed by atoms with Crippen molar-refractivity contribution in [2.45, 2.75) is 25.8 Å². The van der Waals surface area contributed by atoms with Gasteiger partial charge in [-0.2, -0.15) is 0 Å². The monoisotopic (exact) mass is 156 g/mol. The Morgan fingerprint density at radius 1 is 1.64 bits per heavy atom. The first-order valence-electron chi connectivity index (χ1n) is 4.13. The molecule has 0 aliphatic carbocycles. The van der Waals surface area contributed by atoms with Gasteiger partial charge in [-0.1, -0.05) is 0 Å². The smallest absolute Gasteiger partial charge is 0.226 e. The van der Waals surface area contributed by atoms with Gasteiger partial charge in [0, 0.05) is 19.6 Å². The van der Waals surface area contributed by atoms with E-state index in [1.54, 1.807) is 4.90 Å². The molecular formula is C8H16N2O. The fourth-order valence-corrected chi connectivity index (χ4v) is 1.48. The molecule has 0 saturated carbocycles. The van der Waals surface area contributed by atoms with Crippen LogP contribution in [0, 0.1) is 5.92 Å². The Balaban J connectivity index is 2.59. The SMILES string of the molecule is C[C@H]1CC[C@H](CN)C(=O)N1C. The van der Waals surface area contributed by atoms with E-state index in [0.29, 0.717) is 12.6 Å². The van der Waals surface area contributed by atoms with Crippen molar-refractivity contribution >= 4 is 5.91 Å². The van der Waals surface area contributed by atoms with E-state index in [1.807, 2.05) is 7.05 Å². The van der Waals surface area contributed by atoms with E-state index in [0.717, 1.165) is 12.8 Å². The van der Waals surface area contributed by atoms with Crippen molar-refractivity contribution in [3.63, 3.8) is 0 Å². The molecule has 1 heterocycles. The number of piperidine rings is 1. The Morgan fingerprint density at radius 3 is 2.82 bits per heavy atom. The maximum absolute atomic E-state index is 11.4. The summed E-state index contributed by atoms with van der Waals surface area (Å²) in [5, 5.41) is 0. The number of amides is 1. The zero-order chi connectivity index (χ0) is 8.43. The summed E-state index contributed by atoms with van der Waals surface area (Å²) in [4.78, 5) is 13.2. The van der Waals surface area contributed by atoms with Gasteiger partial charge in [0.2, 0.25) is 5.91 Å². The number of carbonyl (C=O) groups is 1. The second kappa shape index (κ2) is 3.22. The average Bonchev–Trinajstić information content (AvgIpc) is 2.01. The molecule has 1 amide bonds. The van der Waals surface area contributed by atoms with E-state index in [4.69, 9.17) is 5.73 Å². The third kappa shape index (κ3) is 1.53. The molecule has 3 heteroatoms. The zero-order valence-corrected chi connectivity index (χ0v) is 7.21. The minimum Gasteiger partial charge on any atom is -0.343 e. The maximum Gasteiger partial charge on any atom is 0.226 e. The van der Waals surface area contributed by atoms with Crippen LogP contribution in [0.25, 0.3) is 0 Å². The normalized spacial score (nSPS) is 32.6. The fraction of sp³-hybridized carbons (Fsp3) is 0.875. The van der Waals surface area contributed by atoms with E-state index in [2.05, 4.69) is 6.92 Å². The van der Waals surface area contributed by atoms with Gasteiger partial charge in [-0.3, -0.25) is 4.79 Å². The lowest BCUT2D eigenvalue weighted by Gasteiger charge is -2.34. The topological polar surface area (TPSA) is 46.3 Å². The van der Waals surface area contributed by atoms with Crippen molar-refractivity contribution < 1.29 is 4.79 Å². The summed E-state index contributed by atoms with van der Waals surface area (Å²) in [6, 6.07) is 0.394. The van der Waals surface area contributed by atoms with Crippen LogP contribution < -0.4 is 5.73 Å². The zero-order valence-electron chi connectivity index (χ0n) is 7.21. The molecule has 1 aliphatic heterocycles. The van der Waals surface area contributed by atoms with E-state index < -0.39 is 0 Å². The number of nitrogens with two attached hydrogens (primary N) is 1. The first-order chi connectivity index (χ1) is 5.16. The van der Waals surface area contributed by atoms with Gasteiger partial charge in [0.15, 0.2) is 0 Å². The Morgan fingerprint density at radius 2 is 2.27 bits per heavy atom. The summed E-state index contributed by atoms with van der Waals surface area (Å²) in [5.41, 5.74) is 5.45. The van der Waals surface area contributed by atoms with Gasteiger partial charge in [-0.15, -0.1) is 0 Å². The first-order valence-corrected chi connectivity index (χ1v) is 4.13. The minimum atomic E-state index is 0.0798. The van der Waals surface area contributed by atoms with Crippen LogP contribution in [-0.2, 0) is 4.79 Å². The number of hydrogen-bond donors (Lipinski definition) is 1. The van der Waals surface area contributed by atoms with Crippen molar-refractivity contribution in [2.24, 2.45) is 11.7 Å². The first kappa shape index (κ1) is 8.53. The number of hydrogen-bond acceptors (Lipinski definition) is 2. The highest BCUT2D eigenvalue weighted by molar-refractivity contribution is 5.79. The minimum absolute atomic E-state index is 0.0798. The Kier molecular flexibility index (Phi) is 2.49. The molecule has 0 aromatic rings. The van der Waals surface area contributed by atoms with Crippen LogP contribution in [0.1, 0.15) is 19.8 Å². The van der Waals surface area contributed by atoms with Crippen molar-refractivity contribution in [1.82, 2.24) is 4.90 Å². The molecule has 0 radical (unpaired) electrons. The van der Waals surface area contributed by atoms with Crippen LogP contribution in [0.2, 0.25) is 0 Å². The standard InChI is InChI=1S/C8H16N2O/c1-6-3-4-7(5-9)8(11)10(6)2/h6-7H,3-5,9H2,1-2H3/t6-,7+/m0/s1. The lowest BCUT2D eigenvalue weighted by atomic mass is 9.93.